The van der Waals surface area contributed by atoms with Gasteiger partial charge in [0.25, 0.3) is 0 Å². The molecule has 0 unspecified atom stereocenters. The van der Waals surface area contributed by atoms with Crippen LogP contribution < -0.4 is 4.74 Å². The molecular weight excluding hydrogens is 232 g/mol. The summed E-state index contributed by atoms with van der Waals surface area (Å²) in [6.45, 7) is 0.757. The molecule has 0 aromatic heterocycles. The van der Waals surface area contributed by atoms with Gasteiger partial charge in [-0.25, -0.2) is 0 Å². The van der Waals surface area contributed by atoms with Crippen LogP contribution in [0.15, 0.2) is 18.2 Å². The number of aryl methyl sites for hydroxylation is 1. The summed E-state index contributed by atoms with van der Waals surface area (Å²) in [6.07, 6.45) is 1.33. The highest BCUT2D eigenvalue weighted by Crippen LogP contribution is 2.26. The van der Waals surface area contributed by atoms with Crippen molar-refractivity contribution in [1.82, 2.24) is 0 Å². The largest absolute Gasteiger partial charge is 0.493 e. The van der Waals surface area contributed by atoms with Crippen LogP contribution in [0.5, 0.6) is 5.75 Å². The van der Waals surface area contributed by atoms with Crippen LogP contribution in [-0.2, 0) is 27.1 Å². The quantitative estimate of drug-likeness (QED) is 0.721. The molecule has 0 radical (unpaired) electrons. The molecule has 0 saturated heterocycles. The summed E-state index contributed by atoms with van der Waals surface area (Å²) in [7, 11) is 2.94. The van der Waals surface area contributed by atoms with Gasteiger partial charge in [-0.05, 0) is 23.6 Å². The van der Waals surface area contributed by atoms with Crippen LogP contribution in [0.1, 0.15) is 17.5 Å². The second-order valence-electron chi connectivity index (χ2n) is 4.31. The Balaban J connectivity index is 1.92. The Morgan fingerprint density at radius 1 is 1.39 bits per heavy atom. The van der Waals surface area contributed by atoms with E-state index >= 15 is 0 Å². The maximum absolute atomic E-state index is 11.7. The fourth-order valence-corrected chi connectivity index (χ4v) is 2.14. The number of ether oxygens (including phenoxy) is 3. The first-order valence-corrected chi connectivity index (χ1v) is 6.07. The highest BCUT2D eigenvalue weighted by molar-refractivity contribution is 5.82. The van der Waals surface area contributed by atoms with Gasteiger partial charge in [-0.15, -0.1) is 0 Å². The minimum atomic E-state index is -0.747. The SMILES string of the molecule is COC(OC)C(=O)CCc1ccc2c(c1)CCO2. The third-order valence-electron chi connectivity index (χ3n) is 3.10. The molecule has 1 aliphatic heterocycles. The molecule has 0 spiro atoms. The van der Waals surface area contributed by atoms with Gasteiger partial charge in [0.15, 0.2) is 5.78 Å². The Bertz CT molecular complexity index is 424. The van der Waals surface area contributed by atoms with Gasteiger partial charge in [0.2, 0.25) is 6.29 Å². The number of carbonyl (C=O) groups is 1. The van der Waals surface area contributed by atoms with Gasteiger partial charge in [0.05, 0.1) is 6.61 Å². The van der Waals surface area contributed by atoms with E-state index in [0.717, 1.165) is 24.3 Å². The molecule has 0 aliphatic carbocycles. The number of carbonyl (C=O) groups excluding carboxylic acids is 1. The molecule has 1 aromatic rings. The minimum absolute atomic E-state index is 0.0308. The van der Waals surface area contributed by atoms with Crippen LogP contribution in [0, 0.1) is 0 Å². The highest BCUT2D eigenvalue weighted by atomic mass is 16.7. The fraction of sp³-hybridized carbons (Fsp3) is 0.500. The van der Waals surface area contributed by atoms with Gasteiger partial charge in [-0.2, -0.15) is 0 Å². The van der Waals surface area contributed by atoms with Crippen LogP contribution in [0.3, 0.4) is 0 Å². The molecule has 0 N–H and O–H groups in total. The lowest BCUT2D eigenvalue weighted by Crippen LogP contribution is -2.25. The van der Waals surface area contributed by atoms with Crippen molar-refractivity contribution < 1.29 is 19.0 Å². The molecule has 0 bridgehead atoms. The molecule has 4 heteroatoms. The lowest BCUT2D eigenvalue weighted by molar-refractivity contribution is -0.156. The Kier molecular flexibility index (Phi) is 4.33. The summed E-state index contributed by atoms with van der Waals surface area (Å²) in [6, 6.07) is 6.10. The normalized spacial score (nSPS) is 13.5. The van der Waals surface area contributed by atoms with Crippen molar-refractivity contribution in [3.63, 3.8) is 0 Å². The molecule has 0 atom stereocenters. The zero-order chi connectivity index (χ0) is 13.0. The molecule has 1 aromatic carbocycles. The van der Waals surface area contributed by atoms with E-state index in [2.05, 4.69) is 6.07 Å². The monoisotopic (exact) mass is 250 g/mol. The van der Waals surface area contributed by atoms with Gasteiger partial charge < -0.3 is 14.2 Å². The van der Waals surface area contributed by atoms with Gasteiger partial charge in [-0.3, -0.25) is 4.79 Å². The lowest BCUT2D eigenvalue weighted by Gasteiger charge is -2.11. The molecule has 1 heterocycles. The van der Waals surface area contributed by atoms with Crippen molar-refractivity contribution in [2.75, 3.05) is 20.8 Å². The predicted octanol–water partition coefficient (Wildman–Crippen LogP) is 1.74. The summed E-state index contributed by atoms with van der Waals surface area (Å²) < 4.78 is 15.3. The minimum Gasteiger partial charge on any atom is -0.493 e. The molecule has 1 aliphatic rings. The molecule has 18 heavy (non-hydrogen) atoms. The van der Waals surface area contributed by atoms with Crippen molar-refractivity contribution in [2.45, 2.75) is 25.6 Å². The van der Waals surface area contributed by atoms with Crippen molar-refractivity contribution >= 4 is 5.78 Å². The van der Waals surface area contributed by atoms with E-state index in [-0.39, 0.29) is 5.78 Å². The molecule has 0 amide bonds. The van der Waals surface area contributed by atoms with Crippen molar-refractivity contribution in [2.24, 2.45) is 0 Å². The summed E-state index contributed by atoms with van der Waals surface area (Å²) >= 11 is 0. The van der Waals surface area contributed by atoms with E-state index in [0.29, 0.717) is 12.8 Å². The zero-order valence-corrected chi connectivity index (χ0v) is 10.8. The molecule has 0 saturated carbocycles. The standard InChI is InChI=1S/C14H18O4/c1-16-14(17-2)12(15)5-3-10-4-6-13-11(9-10)7-8-18-13/h4,6,9,14H,3,5,7-8H2,1-2H3. The fourth-order valence-electron chi connectivity index (χ4n) is 2.14. The number of fused-ring (bicyclic) bond motifs is 1. The molecule has 2 rings (SSSR count). The first-order chi connectivity index (χ1) is 8.74. The first kappa shape index (κ1) is 13.1. The van der Waals surface area contributed by atoms with Crippen LogP contribution >= 0.6 is 0 Å². The van der Waals surface area contributed by atoms with Gasteiger partial charge in [0, 0.05) is 27.1 Å². The van der Waals surface area contributed by atoms with Crippen molar-refractivity contribution in [3.05, 3.63) is 29.3 Å². The second-order valence-corrected chi connectivity index (χ2v) is 4.31. The maximum Gasteiger partial charge on any atom is 0.217 e. The van der Waals surface area contributed by atoms with E-state index in [1.165, 1.54) is 19.8 Å². The lowest BCUT2D eigenvalue weighted by atomic mass is 10.0. The number of hydrogen-bond acceptors (Lipinski definition) is 4. The summed E-state index contributed by atoms with van der Waals surface area (Å²) in [5, 5.41) is 0. The second kappa shape index (κ2) is 5.98. The molecule has 98 valence electrons. The third kappa shape index (κ3) is 2.89. The van der Waals surface area contributed by atoms with E-state index in [9.17, 15) is 4.79 Å². The Hall–Kier alpha value is -1.39. The van der Waals surface area contributed by atoms with Crippen molar-refractivity contribution in [3.8, 4) is 5.75 Å². The number of methoxy groups -OCH3 is 2. The van der Waals surface area contributed by atoms with Gasteiger partial charge in [-0.1, -0.05) is 12.1 Å². The van der Waals surface area contributed by atoms with E-state index in [1.54, 1.807) is 0 Å². The average Bonchev–Trinajstić information content (AvgIpc) is 2.85. The van der Waals surface area contributed by atoms with Crippen LogP contribution in [0.25, 0.3) is 0 Å². The topological polar surface area (TPSA) is 44.8 Å². The smallest absolute Gasteiger partial charge is 0.217 e. The average molecular weight is 250 g/mol. The summed E-state index contributed by atoms with van der Waals surface area (Å²) in [5.41, 5.74) is 2.38. The zero-order valence-electron chi connectivity index (χ0n) is 10.8. The predicted molar refractivity (Wildman–Crippen MR) is 66.8 cm³/mol. The Morgan fingerprint density at radius 2 is 2.17 bits per heavy atom. The number of hydrogen-bond donors (Lipinski definition) is 0. The van der Waals surface area contributed by atoms with Crippen LogP contribution in [-0.4, -0.2) is 32.9 Å². The number of benzene rings is 1. The summed E-state index contributed by atoms with van der Waals surface area (Å²) in [4.78, 5) is 11.7. The van der Waals surface area contributed by atoms with Crippen molar-refractivity contribution in [1.29, 1.82) is 0 Å². The van der Waals surface area contributed by atoms with E-state index in [4.69, 9.17) is 14.2 Å². The van der Waals surface area contributed by atoms with Gasteiger partial charge >= 0.3 is 0 Å². The highest BCUT2D eigenvalue weighted by Gasteiger charge is 2.17. The molecule has 4 nitrogen and oxygen atoms in total. The summed E-state index contributed by atoms with van der Waals surface area (Å²) in [5.74, 6) is 0.938. The Morgan fingerprint density at radius 3 is 2.89 bits per heavy atom. The molecule has 0 fully saturated rings. The number of rotatable bonds is 6. The number of ketones is 1. The maximum atomic E-state index is 11.7. The van der Waals surface area contributed by atoms with Crippen LogP contribution in [0.4, 0.5) is 0 Å². The molecular formula is C14H18O4. The number of Topliss-reactive ketones (excluding diaryl/α,β-unsaturated/α-hetero) is 1. The Labute approximate surface area is 107 Å². The first-order valence-electron chi connectivity index (χ1n) is 6.07. The van der Waals surface area contributed by atoms with E-state index in [1.807, 2.05) is 12.1 Å². The third-order valence-corrected chi connectivity index (χ3v) is 3.10. The van der Waals surface area contributed by atoms with E-state index < -0.39 is 6.29 Å². The van der Waals surface area contributed by atoms with Crippen LogP contribution in [0.2, 0.25) is 0 Å². The van der Waals surface area contributed by atoms with Gasteiger partial charge in [0.1, 0.15) is 5.75 Å².